The van der Waals surface area contributed by atoms with Crippen molar-refractivity contribution in [3.05, 3.63) is 0 Å². The summed E-state index contributed by atoms with van der Waals surface area (Å²) in [4.78, 5) is 10.6. The van der Waals surface area contributed by atoms with Gasteiger partial charge in [-0.25, -0.2) is 0 Å². The lowest BCUT2D eigenvalue weighted by atomic mass is 9.80. The van der Waals surface area contributed by atoms with Crippen molar-refractivity contribution in [2.24, 2.45) is 5.92 Å². The quantitative estimate of drug-likeness (QED) is 0.568. The molecule has 2 rings (SSSR count). The van der Waals surface area contributed by atoms with Crippen LogP contribution < -0.4 is 5.32 Å². The van der Waals surface area contributed by atoms with E-state index in [1.165, 1.54) is 32.1 Å². The molecular formula is C9H15NO. The zero-order chi connectivity index (χ0) is 7.68. The normalized spacial score (nSPS) is 32.7. The van der Waals surface area contributed by atoms with Crippen LogP contribution in [0.5, 0.6) is 0 Å². The Kier molecular flexibility index (Phi) is 1.84. The fraction of sp³-hybridized carbons (Fsp3) is 0.889. The third-order valence-electron chi connectivity index (χ3n) is 2.97. The summed E-state index contributed by atoms with van der Waals surface area (Å²) in [5, 5.41) is 2.97. The Labute approximate surface area is 67.4 Å². The molecule has 1 saturated heterocycles. The van der Waals surface area contributed by atoms with Crippen molar-refractivity contribution in [1.82, 2.24) is 5.32 Å². The van der Waals surface area contributed by atoms with Crippen molar-refractivity contribution in [1.29, 1.82) is 0 Å². The molecule has 62 valence electrons. The molecule has 2 fully saturated rings. The standard InChI is InChI=1S/C9H15NO/c11-9-6-8(10-9)7-4-2-1-3-5-7/h7-8H,1-6H2,(H,10,11). The van der Waals surface area contributed by atoms with Crippen molar-refractivity contribution >= 4 is 5.91 Å². The average Bonchev–Trinajstić information content (AvgIpc) is 2.01. The lowest BCUT2D eigenvalue weighted by Crippen LogP contribution is -2.52. The molecule has 0 radical (unpaired) electrons. The highest BCUT2D eigenvalue weighted by atomic mass is 16.2. The van der Waals surface area contributed by atoms with E-state index in [2.05, 4.69) is 5.32 Å². The number of hydrogen-bond donors (Lipinski definition) is 1. The van der Waals surface area contributed by atoms with Crippen LogP contribution in [0.4, 0.5) is 0 Å². The fourth-order valence-corrected chi connectivity index (χ4v) is 2.21. The molecule has 1 N–H and O–H groups in total. The summed E-state index contributed by atoms with van der Waals surface area (Å²) in [7, 11) is 0. The van der Waals surface area contributed by atoms with Gasteiger partial charge in [0.15, 0.2) is 0 Å². The Hall–Kier alpha value is -0.530. The van der Waals surface area contributed by atoms with E-state index in [0.717, 1.165) is 12.3 Å². The van der Waals surface area contributed by atoms with Crippen LogP contribution in [0, 0.1) is 5.92 Å². The molecule has 0 spiro atoms. The molecule has 1 heterocycles. The molecule has 1 aliphatic carbocycles. The van der Waals surface area contributed by atoms with Gasteiger partial charge in [0.25, 0.3) is 0 Å². The van der Waals surface area contributed by atoms with Gasteiger partial charge in [-0.1, -0.05) is 19.3 Å². The lowest BCUT2D eigenvalue weighted by Gasteiger charge is -2.36. The first-order valence-corrected chi connectivity index (χ1v) is 4.65. The second-order valence-electron chi connectivity index (χ2n) is 3.78. The molecule has 2 aliphatic rings. The van der Waals surface area contributed by atoms with Crippen LogP contribution >= 0.6 is 0 Å². The van der Waals surface area contributed by atoms with Gasteiger partial charge in [-0.05, 0) is 18.8 Å². The predicted octanol–water partition coefficient (Wildman–Crippen LogP) is 1.46. The highest BCUT2D eigenvalue weighted by Gasteiger charge is 2.32. The number of carbonyl (C=O) groups is 1. The minimum atomic E-state index is 0.251. The minimum absolute atomic E-state index is 0.251. The van der Waals surface area contributed by atoms with Gasteiger partial charge in [-0.3, -0.25) is 4.79 Å². The Balaban J connectivity index is 1.80. The number of rotatable bonds is 1. The van der Waals surface area contributed by atoms with Crippen LogP contribution in [0.15, 0.2) is 0 Å². The van der Waals surface area contributed by atoms with Gasteiger partial charge in [-0.15, -0.1) is 0 Å². The zero-order valence-electron chi connectivity index (χ0n) is 6.81. The van der Waals surface area contributed by atoms with Gasteiger partial charge in [-0.2, -0.15) is 0 Å². The van der Waals surface area contributed by atoms with Crippen LogP contribution in [0.2, 0.25) is 0 Å². The van der Waals surface area contributed by atoms with Gasteiger partial charge in [0.1, 0.15) is 0 Å². The number of carbonyl (C=O) groups excluding carboxylic acids is 1. The second kappa shape index (κ2) is 2.84. The molecule has 0 bridgehead atoms. The van der Waals surface area contributed by atoms with Crippen molar-refractivity contribution in [2.75, 3.05) is 0 Å². The largest absolute Gasteiger partial charge is 0.353 e. The van der Waals surface area contributed by atoms with E-state index >= 15 is 0 Å². The number of amides is 1. The van der Waals surface area contributed by atoms with Crippen molar-refractivity contribution in [3.8, 4) is 0 Å². The maximum Gasteiger partial charge on any atom is 0.222 e. The Morgan fingerprint density at radius 3 is 2.36 bits per heavy atom. The third kappa shape index (κ3) is 1.39. The first kappa shape index (κ1) is 7.14. The molecule has 1 saturated carbocycles. The van der Waals surface area contributed by atoms with E-state index < -0.39 is 0 Å². The van der Waals surface area contributed by atoms with Crippen molar-refractivity contribution < 1.29 is 4.79 Å². The summed E-state index contributed by atoms with van der Waals surface area (Å²) in [5.74, 6) is 1.06. The van der Waals surface area contributed by atoms with E-state index in [4.69, 9.17) is 0 Å². The maximum absolute atomic E-state index is 10.6. The smallest absolute Gasteiger partial charge is 0.222 e. The molecule has 1 amide bonds. The highest BCUT2D eigenvalue weighted by molar-refractivity contribution is 5.82. The topological polar surface area (TPSA) is 29.1 Å². The second-order valence-corrected chi connectivity index (χ2v) is 3.78. The van der Waals surface area contributed by atoms with Gasteiger partial charge >= 0.3 is 0 Å². The Morgan fingerprint density at radius 2 is 1.82 bits per heavy atom. The summed E-state index contributed by atoms with van der Waals surface area (Å²) >= 11 is 0. The molecule has 1 aliphatic heterocycles. The van der Waals surface area contributed by atoms with Gasteiger partial charge in [0, 0.05) is 12.5 Å². The SMILES string of the molecule is O=C1CC(C2CCCCC2)N1. The molecule has 0 aromatic heterocycles. The van der Waals surface area contributed by atoms with E-state index in [0.29, 0.717) is 6.04 Å². The summed E-state index contributed by atoms with van der Waals surface area (Å²) in [5.41, 5.74) is 0. The third-order valence-corrected chi connectivity index (χ3v) is 2.97. The molecule has 0 aromatic rings. The molecule has 2 heteroatoms. The maximum atomic E-state index is 10.6. The Morgan fingerprint density at radius 1 is 1.18 bits per heavy atom. The fourth-order valence-electron chi connectivity index (χ4n) is 2.21. The highest BCUT2D eigenvalue weighted by Crippen LogP contribution is 2.30. The number of nitrogens with one attached hydrogen (secondary N) is 1. The van der Waals surface area contributed by atoms with E-state index in [1.807, 2.05) is 0 Å². The molecule has 11 heavy (non-hydrogen) atoms. The number of hydrogen-bond acceptors (Lipinski definition) is 1. The number of β-lactam (4-membered cyclic amide) rings is 1. The molecule has 1 unspecified atom stereocenters. The summed E-state index contributed by atoms with van der Waals surface area (Å²) < 4.78 is 0. The summed E-state index contributed by atoms with van der Waals surface area (Å²) in [6.07, 6.45) is 7.62. The minimum Gasteiger partial charge on any atom is -0.353 e. The first-order chi connectivity index (χ1) is 5.36. The van der Waals surface area contributed by atoms with Crippen LogP contribution in [0.3, 0.4) is 0 Å². The molecule has 1 atom stereocenters. The van der Waals surface area contributed by atoms with Crippen LogP contribution in [-0.2, 0) is 4.79 Å². The van der Waals surface area contributed by atoms with Crippen LogP contribution in [0.25, 0.3) is 0 Å². The summed E-state index contributed by atoms with van der Waals surface area (Å²) in [6.45, 7) is 0. The molecular weight excluding hydrogens is 138 g/mol. The predicted molar refractivity (Wildman–Crippen MR) is 43.1 cm³/mol. The summed E-state index contributed by atoms with van der Waals surface area (Å²) in [6, 6.07) is 0.544. The molecule has 2 nitrogen and oxygen atoms in total. The van der Waals surface area contributed by atoms with Gasteiger partial charge in [0.2, 0.25) is 5.91 Å². The first-order valence-electron chi connectivity index (χ1n) is 4.65. The van der Waals surface area contributed by atoms with Gasteiger partial charge < -0.3 is 5.32 Å². The molecule has 0 aromatic carbocycles. The van der Waals surface area contributed by atoms with Gasteiger partial charge in [0.05, 0.1) is 0 Å². The monoisotopic (exact) mass is 153 g/mol. The zero-order valence-corrected chi connectivity index (χ0v) is 6.81. The van der Waals surface area contributed by atoms with Crippen molar-refractivity contribution in [3.63, 3.8) is 0 Å². The van der Waals surface area contributed by atoms with E-state index in [9.17, 15) is 4.79 Å². The van der Waals surface area contributed by atoms with Crippen LogP contribution in [-0.4, -0.2) is 11.9 Å². The van der Waals surface area contributed by atoms with E-state index in [1.54, 1.807) is 0 Å². The van der Waals surface area contributed by atoms with Crippen LogP contribution in [0.1, 0.15) is 38.5 Å². The van der Waals surface area contributed by atoms with Crippen molar-refractivity contribution in [2.45, 2.75) is 44.6 Å². The van der Waals surface area contributed by atoms with E-state index in [-0.39, 0.29) is 5.91 Å². The lowest BCUT2D eigenvalue weighted by molar-refractivity contribution is -0.129. The Bertz CT molecular complexity index is 153. The average molecular weight is 153 g/mol.